The minimum Gasteiger partial charge on any atom is -0.393 e. The molecule has 4 aliphatic rings. The zero-order chi connectivity index (χ0) is 16.4. The number of aliphatic hydroxyl groups excluding tert-OH is 1. The van der Waals surface area contributed by atoms with Crippen LogP contribution in [0.3, 0.4) is 0 Å². The number of fused-ring (bicyclic) bond motifs is 5. The topological polar surface area (TPSA) is 37.3 Å². The fourth-order valence-corrected chi connectivity index (χ4v) is 6.61. The Labute approximate surface area is 139 Å². The number of hydrogen-bond acceptors (Lipinski definition) is 2. The Bertz CT molecular complexity index is 612. The van der Waals surface area contributed by atoms with E-state index in [-0.39, 0.29) is 22.9 Å². The summed E-state index contributed by atoms with van der Waals surface area (Å²) >= 11 is 0. The number of terminal acetylenes is 1. The highest BCUT2D eigenvalue weighted by Gasteiger charge is 2.60. The lowest BCUT2D eigenvalue weighted by atomic mass is 9.48. The van der Waals surface area contributed by atoms with Gasteiger partial charge in [-0.1, -0.05) is 31.4 Å². The van der Waals surface area contributed by atoms with Gasteiger partial charge in [0.05, 0.1) is 12.0 Å². The molecule has 0 aromatic carbocycles. The lowest BCUT2D eigenvalue weighted by Gasteiger charge is -2.56. The van der Waals surface area contributed by atoms with Crippen molar-refractivity contribution in [2.45, 2.75) is 64.9 Å². The van der Waals surface area contributed by atoms with E-state index in [0.717, 1.165) is 44.9 Å². The fraction of sp³-hybridized carbons (Fsp3) is 0.762. The molecule has 0 saturated heterocycles. The van der Waals surface area contributed by atoms with Crippen LogP contribution >= 0.6 is 0 Å². The summed E-state index contributed by atoms with van der Waals surface area (Å²) in [5, 5.41) is 10.0. The van der Waals surface area contributed by atoms with Crippen molar-refractivity contribution in [2.24, 2.45) is 34.5 Å². The van der Waals surface area contributed by atoms with Crippen LogP contribution in [0.15, 0.2) is 11.6 Å². The molecule has 124 valence electrons. The summed E-state index contributed by atoms with van der Waals surface area (Å²) in [6, 6.07) is 0. The molecule has 1 N–H and O–H groups in total. The van der Waals surface area contributed by atoms with Gasteiger partial charge in [0.25, 0.3) is 0 Å². The standard InChI is InChI=1S/C21H28O2/c1-4-13-11-18-16-6-5-14-12-15(22)7-9-20(14,2)17(16)8-10-21(18,3)19(13)23/h1,5,13,15-18,22H,6-12H2,2-3H3/t13?,15?,16-,17-,18+,20+,21+/m1/s1. The first-order valence-electron chi connectivity index (χ1n) is 9.28. The SMILES string of the molecule is C#CC1C[C@H]2[C@@H]3CC=C4CC(O)CC[C@]4(C)[C@@H]3CC[C@]2(C)C1=O. The Morgan fingerprint density at radius 3 is 2.70 bits per heavy atom. The van der Waals surface area contributed by atoms with E-state index in [1.807, 2.05) is 0 Å². The van der Waals surface area contributed by atoms with Gasteiger partial charge in [-0.15, -0.1) is 6.42 Å². The maximum atomic E-state index is 12.8. The van der Waals surface area contributed by atoms with Crippen LogP contribution in [0.1, 0.15) is 58.8 Å². The molecule has 0 aromatic rings. The third kappa shape index (κ3) is 1.96. The van der Waals surface area contributed by atoms with Crippen molar-refractivity contribution in [2.75, 3.05) is 0 Å². The number of carbonyl (C=O) groups is 1. The van der Waals surface area contributed by atoms with Gasteiger partial charge in [-0.25, -0.2) is 0 Å². The summed E-state index contributed by atoms with van der Waals surface area (Å²) in [5.74, 6) is 4.66. The van der Waals surface area contributed by atoms with Crippen LogP contribution in [-0.2, 0) is 4.79 Å². The lowest BCUT2D eigenvalue weighted by molar-refractivity contribution is -0.133. The third-order valence-electron chi connectivity index (χ3n) is 8.04. The summed E-state index contributed by atoms with van der Waals surface area (Å²) in [4.78, 5) is 12.8. The van der Waals surface area contributed by atoms with E-state index < -0.39 is 0 Å². The highest BCUT2D eigenvalue weighted by atomic mass is 16.3. The highest BCUT2D eigenvalue weighted by Crippen LogP contribution is 2.64. The maximum absolute atomic E-state index is 12.8. The number of hydrogen-bond donors (Lipinski definition) is 1. The first-order valence-corrected chi connectivity index (χ1v) is 9.28. The highest BCUT2D eigenvalue weighted by molar-refractivity contribution is 5.91. The fourth-order valence-electron chi connectivity index (χ4n) is 6.61. The zero-order valence-corrected chi connectivity index (χ0v) is 14.3. The molecule has 0 aromatic heterocycles. The van der Waals surface area contributed by atoms with Gasteiger partial charge in [-0.2, -0.15) is 0 Å². The average Bonchev–Trinajstić information content (AvgIpc) is 2.79. The summed E-state index contributed by atoms with van der Waals surface area (Å²) in [5.41, 5.74) is 1.54. The molecule has 0 radical (unpaired) electrons. The van der Waals surface area contributed by atoms with Crippen molar-refractivity contribution in [3.63, 3.8) is 0 Å². The van der Waals surface area contributed by atoms with Gasteiger partial charge in [-0.05, 0) is 68.1 Å². The molecule has 2 unspecified atom stereocenters. The second-order valence-corrected chi connectivity index (χ2v) is 8.93. The zero-order valence-electron chi connectivity index (χ0n) is 14.3. The Kier molecular flexibility index (Phi) is 3.34. The Hall–Kier alpha value is -1.07. The minimum atomic E-state index is -0.186. The molecular weight excluding hydrogens is 284 g/mol. The molecule has 4 aliphatic carbocycles. The van der Waals surface area contributed by atoms with Crippen LogP contribution < -0.4 is 0 Å². The van der Waals surface area contributed by atoms with E-state index in [4.69, 9.17) is 6.42 Å². The normalized spacial score (nSPS) is 52.0. The van der Waals surface area contributed by atoms with Crippen LogP contribution in [0.4, 0.5) is 0 Å². The smallest absolute Gasteiger partial charge is 0.153 e. The molecule has 0 amide bonds. The molecule has 4 rings (SSSR count). The summed E-state index contributed by atoms with van der Waals surface area (Å²) in [6.07, 6.45) is 14.9. The number of carbonyl (C=O) groups excluding carboxylic acids is 1. The van der Waals surface area contributed by atoms with E-state index >= 15 is 0 Å². The van der Waals surface area contributed by atoms with Gasteiger partial charge in [0.15, 0.2) is 5.78 Å². The minimum absolute atomic E-state index is 0.154. The molecule has 3 saturated carbocycles. The van der Waals surface area contributed by atoms with Crippen molar-refractivity contribution >= 4 is 5.78 Å². The van der Waals surface area contributed by atoms with Crippen molar-refractivity contribution in [3.8, 4) is 12.3 Å². The third-order valence-corrected chi connectivity index (χ3v) is 8.04. The van der Waals surface area contributed by atoms with Crippen LogP contribution in [0, 0.1) is 46.8 Å². The van der Waals surface area contributed by atoms with Gasteiger partial charge in [-0.3, -0.25) is 4.79 Å². The maximum Gasteiger partial charge on any atom is 0.153 e. The molecule has 0 aliphatic heterocycles. The molecule has 2 heteroatoms. The molecule has 0 spiro atoms. The van der Waals surface area contributed by atoms with E-state index in [9.17, 15) is 9.90 Å². The Balaban J connectivity index is 1.70. The van der Waals surface area contributed by atoms with Crippen LogP contribution in [0.2, 0.25) is 0 Å². The second kappa shape index (κ2) is 4.96. The first-order chi connectivity index (χ1) is 10.9. The first kappa shape index (κ1) is 15.5. The number of ketones is 1. The molecule has 23 heavy (non-hydrogen) atoms. The van der Waals surface area contributed by atoms with E-state index in [2.05, 4.69) is 25.8 Å². The molecule has 0 bridgehead atoms. The quantitative estimate of drug-likeness (QED) is 0.546. The monoisotopic (exact) mass is 312 g/mol. The summed E-state index contributed by atoms with van der Waals surface area (Å²) in [7, 11) is 0. The van der Waals surface area contributed by atoms with Crippen LogP contribution in [-0.4, -0.2) is 17.0 Å². The second-order valence-electron chi connectivity index (χ2n) is 8.93. The van der Waals surface area contributed by atoms with E-state index in [1.165, 1.54) is 5.57 Å². The molecule has 0 heterocycles. The number of allylic oxidation sites excluding steroid dienone is 1. The molecule has 3 fully saturated rings. The predicted octanol–water partition coefficient (Wildman–Crippen LogP) is 3.74. The van der Waals surface area contributed by atoms with Gasteiger partial charge in [0.1, 0.15) is 0 Å². The molecule has 7 atom stereocenters. The predicted molar refractivity (Wildman–Crippen MR) is 90.4 cm³/mol. The van der Waals surface area contributed by atoms with Crippen LogP contribution in [0.5, 0.6) is 0 Å². The summed E-state index contributed by atoms with van der Waals surface area (Å²) in [6.45, 7) is 4.60. The van der Waals surface area contributed by atoms with Crippen molar-refractivity contribution in [1.82, 2.24) is 0 Å². The largest absolute Gasteiger partial charge is 0.393 e. The summed E-state index contributed by atoms with van der Waals surface area (Å²) < 4.78 is 0. The number of Topliss-reactive ketones (excluding diaryl/α,β-unsaturated/α-hetero) is 1. The Morgan fingerprint density at radius 2 is 1.96 bits per heavy atom. The van der Waals surface area contributed by atoms with Crippen molar-refractivity contribution in [3.05, 3.63) is 11.6 Å². The molecular formula is C21H28O2. The van der Waals surface area contributed by atoms with Crippen molar-refractivity contribution in [1.29, 1.82) is 0 Å². The average molecular weight is 312 g/mol. The van der Waals surface area contributed by atoms with Crippen LogP contribution in [0.25, 0.3) is 0 Å². The molecule has 2 nitrogen and oxygen atoms in total. The van der Waals surface area contributed by atoms with Crippen molar-refractivity contribution < 1.29 is 9.90 Å². The van der Waals surface area contributed by atoms with Gasteiger partial charge >= 0.3 is 0 Å². The van der Waals surface area contributed by atoms with E-state index in [1.54, 1.807) is 0 Å². The van der Waals surface area contributed by atoms with E-state index in [0.29, 0.717) is 23.5 Å². The number of aliphatic hydroxyl groups is 1. The number of rotatable bonds is 0. The van der Waals surface area contributed by atoms with Gasteiger partial charge < -0.3 is 5.11 Å². The Morgan fingerprint density at radius 1 is 1.22 bits per heavy atom. The van der Waals surface area contributed by atoms with Gasteiger partial charge in [0, 0.05) is 5.41 Å². The lowest BCUT2D eigenvalue weighted by Crippen LogP contribution is -2.50. The van der Waals surface area contributed by atoms with Gasteiger partial charge in [0.2, 0.25) is 0 Å².